The lowest BCUT2D eigenvalue weighted by Crippen LogP contribution is -2.47. The third kappa shape index (κ3) is 2.57. The van der Waals surface area contributed by atoms with Crippen LogP contribution in [0.5, 0.6) is 0 Å². The molecule has 172 valence electrons. The van der Waals surface area contributed by atoms with Gasteiger partial charge in [0, 0.05) is 34.2 Å². The number of rotatable bonds is 2. The van der Waals surface area contributed by atoms with Crippen LogP contribution in [-0.4, -0.2) is 33.1 Å². The fourth-order valence-electron chi connectivity index (χ4n) is 5.96. The first kappa shape index (κ1) is 20.9. The van der Waals surface area contributed by atoms with Crippen LogP contribution in [0.15, 0.2) is 16.9 Å². The number of hydrogen-bond acceptors (Lipinski definition) is 6. The molecule has 8 heteroatoms. The van der Waals surface area contributed by atoms with Crippen LogP contribution < -0.4 is 10.9 Å². The molecule has 0 spiro atoms. The summed E-state index contributed by atoms with van der Waals surface area (Å²) in [7, 11) is 1.91. The van der Waals surface area contributed by atoms with Crippen LogP contribution in [-0.2, 0) is 29.9 Å². The van der Waals surface area contributed by atoms with E-state index in [1.54, 1.807) is 17.6 Å². The van der Waals surface area contributed by atoms with Gasteiger partial charge in [-0.15, -0.1) is 0 Å². The summed E-state index contributed by atoms with van der Waals surface area (Å²) in [5.41, 5.74) is 4.26. The standard InChI is InChI=1S/C25H26FN3O4/c1-4-25(32)15-7-19-22-13(9-29(19)23(30)14(15)10-33-24(25)31)21-17(27-3)6-5-12-11(2)16(26)8-18(28-22)20(12)21/h7-8,17,24,27,31-32H,4-6,9-10H2,1-3H3/t17-,24?,25?/m0/s1. The van der Waals surface area contributed by atoms with E-state index >= 15 is 0 Å². The highest BCUT2D eigenvalue weighted by molar-refractivity contribution is 5.92. The van der Waals surface area contributed by atoms with E-state index in [0.717, 1.165) is 34.9 Å². The van der Waals surface area contributed by atoms with Crippen molar-refractivity contribution in [3.8, 4) is 11.4 Å². The normalized spacial score (nSPS) is 25.2. The molecule has 6 rings (SSSR count). The monoisotopic (exact) mass is 451 g/mol. The van der Waals surface area contributed by atoms with Crippen LogP contribution in [0, 0.1) is 12.7 Å². The van der Waals surface area contributed by atoms with Crippen molar-refractivity contribution in [2.24, 2.45) is 0 Å². The Morgan fingerprint density at radius 2 is 2.12 bits per heavy atom. The number of aromatic nitrogens is 2. The third-order valence-electron chi connectivity index (χ3n) is 7.88. The molecule has 0 bridgehead atoms. The van der Waals surface area contributed by atoms with Gasteiger partial charge in [0.2, 0.25) is 0 Å². The summed E-state index contributed by atoms with van der Waals surface area (Å²) in [6.07, 6.45) is 0.357. The van der Waals surface area contributed by atoms with Gasteiger partial charge in [0.05, 0.1) is 30.1 Å². The van der Waals surface area contributed by atoms with Gasteiger partial charge >= 0.3 is 0 Å². The van der Waals surface area contributed by atoms with Gasteiger partial charge in [-0.1, -0.05) is 6.92 Å². The quantitative estimate of drug-likeness (QED) is 0.434. The van der Waals surface area contributed by atoms with Gasteiger partial charge in [-0.25, -0.2) is 9.37 Å². The lowest BCUT2D eigenvalue weighted by molar-refractivity contribution is -0.236. The van der Waals surface area contributed by atoms with E-state index in [1.165, 1.54) is 6.07 Å². The predicted molar refractivity (Wildman–Crippen MR) is 120 cm³/mol. The molecule has 0 saturated carbocycles. The number of fused-ring (bicyclic) bond motifs is 5. The summed E-state index contributed by atoms with van der Waals surface area (Å²) >= 11 is 0. The molecule has 0 amide bonds. The molecule has 3 atom stereocenters. The molecule has 0 radical (unpaired) electrons. The van der Waals surface area contributed by atoms with Crippen LogP contribution in [0.4, 0.5) is 4.39 Å². The van der Waals surface area contributed by atoms with Gasteiger partial charge in [-0.3, -0.25) is 4.79 Å². The molecule has 3 aromatic rings. The van der Waals surface area contributed by atoms with Crippen molar-refractivity contribution in [3.05, 3.63) is 61.7 Å². The molecule has 1 aromatic carbocycles. The van der Waals surface area contributed by atoms with E-state index in [0.29, 0.717) is 40.1 Å². The van der Waals surface area contributed by atoms with Gasteiger partial charge in [0.15, 0.2) is 6.29 Å². The Kier molecular flexibility index (Phi) is 4.39. The highest BCUT2D eigenvalue weighted by atomic mass is 19.1. The van der Waals surface area contributed by atoms with Crippen molar-refractivity contribution in [1.82, 2.24) is 14.9 Å². The molecule has 2 aliphatic heterocycles. The number of nitrogens with zero attached hydrogens (tertiary/aromatic N) is 2. The molecule has 2 unspecified atom stereocenters. The van der Waals surface area contributed by atoms with E-state index < -0.39 is 11.9 Å². The van der Waals surface area contributed by atoms with Crippen molar-refractivity contribution in [2.45, 2.75) is 64.2 Å². The number of pyridine rings is 2. The van der Waals surface area contributed by atoms with Crippen LogP contribution in [0.2, 0.25) is 0 Å². The van der Waals surface area contributed by atoms with Gasteiger partial charge < -0.3 is 24.8 Å². The molecular weight excluding hydrogens is 425 g/mol. The van der Waals surface area contributed by atoms with E-state index in [1.807, 2.05) is 14.0 Å². The number of hydrogen-bond donors (Lipinski definition) is 3. The molecule has 0 fully saturated rings. The minimum atomic E-state index is -1.68. The molecule has 0 saturated heterocycles. The molecule has 3 aliphatic rings. The average molecular weight is 451 g/mol. The molecule has 4 heterocycles. The van der Waals surface area contributed by atoms with Crippen LogP contribution in [0.25, 0.3) is 22.3 Å². The highest BCUT2D eigenvalue weighted by Crippen LogP contribution is 2.46. The number of halogens is 1. The molecule has 33 heavy (non-hydrogen) atoms. The fourth-order valence-corrected chi connectivity index (χ4v) is 5.96. The van der Waals surface area contributed by atoms with Crippen molar-refractivity contribution in [3.63, 3.8) is 0 Å². The van der Waals surface area contributed by atoms with Crippen LogP contribution >= 0.6 is 0 Å². The number of aryl methyl sites for hydroxylation is 1. The lowest BCUT2D eigenvalue weighted by Gasteiger charge is -2.37. The highest BCUT2D eigenvalue weighted by Gasteiger charge is 2.45. The largest absolute Gasteiger partial charge is 0.380 e. The molecular formula is C25H26FN3O4. The second kappa shape index (κ2) is 6.93. The summed E-state index contributed by atoms with van der Waals surface area (Å²) in [6.45, 7) is 3.84. The van der Waals surface area contributed by atoms with E-state index in [4.69, 9.17) is 9.72 Å². The van der Waals surface area contributed by atoms with Gasteiger partial charge in [0.1, 0.15) is 11.4 Å². The Balaban J connectivity index is 1.69. The number of aliphatic hydroxyl groups excluding tert-OH is 1. The van der Waals surface area contributed by atoms with E-state index in [2.05, 4.69) is 5.32 Å². The smallest absolute Gasteiger partial charge is 0.257 e. The van der Waals surface area contributed by atoms with Crippen LogP contribution in [0.3, 0.4) is 0 Å². The van der Waals surface area contributed by atoms with Crippen molar-refractivity contribution in [1.29, 1.82) is 0 Å². The Morgan fingerprint density at radius 1 is 1.33 bits per heavy atom. The maximum atomic E-state index is 14.8. The van der Waals surface area contributed by atoms with Gasteiger partial charge in [0.25, 0.3) is 5.56 Å². The minimum absolute atomic E-state index is 0.0653. The Morgan fingerprint density at radius 3 is 2.85 bits per heavy atom. The predicted octanol–water partition coefficient (Wildman–Crippen LogP) is 2.53. The zero-order valence-electron chi connectivity index (χ0n) is 18.8. The zero-order chi connectivity index (χ0) is 23.2. The van der Waals surface area contributed by atoms with Crippen molar-refractivity contribution < 1.29 is 19.3 Å². The van der Waals surface area contributed by atoms with E-state index in [-0.39, 0.29) is 30.4 Å². The third-order valence-corrected chi connectivity index (χ3v) is 7.88. The molecule has 7 nitrogen and oxygen atoms in total. The number of aliphatic hydroxyl groups is 2. The maximum absolute atomic E-state index is 14.8. The van der Waals surface area contributed by atoms with Crippen LogP contribution in [0.1, 0.15) is 59.2 Å². The first-order chi connectivity index (χ1) is 15.8. The van der Waals surface area contributed by atoms with E-state index in [9.17, 15) is 19.4 Å². The Labute approximate surface area is 189 Å². The molecule has 3 N–H and O–H groups in total. The molecule has 2 aromatic heterocycles. The second-order valence-electron chi connectivity index (χ2n) is 9.34. The molecule has 1 aliphatic carbocycles. The summed E-state index contributed by atoms with van der Waals surface area (Å²) < 4.78 is 21.8. The minimum Gasteiger partial charge on any atom is -0.380 e. The Hall–Kier alpha value is -2.65. The maximum Gasteiger partial charge on any atom is 0.257 e. The van der Waals surface area contributed by atoms with Gasteiger partial charge in [-0.05, 0) is 56.0 Å². The fraction of sp³-hybridized carbons (Fsp3) is 0.440. The first-order valence-corrected chi connectivity index (χ1v) is 11.4. The summed E-state index contributed by atoms with van der Waals surface area (Å²) in [4.78, 5) is 18.4. The first-order valence-electron chi connectivity index (χ1n) is 11.4. The second-order valence-corrected chi connectivity index (χ2v) is 9.34. The number of nitrogens with one attached hydrogen (secondary N) is 1. The van der Waals surface area contributed by atoms with Crippen molar-refractivity contribution in [2.75, 3.05) is 7.05 Å². The number of benzene rings is 1. The zero-order valence-corrected chi connectivity index (χ0v) is 18.8. The SMILES string of the molecule is CCC1(O)c2cc3n(c(=O)c2COC1O)Cc1c-3nc2cc(F)c(C)c3c2c1[C@@H](NC)CC3. The average Bonchev–Trinajstić information content (AvgIpc) is 3.18. The lowest BCUT2D eigenvalue weighted by atomic mass is 9.81. The van der Waals surface area contributed by atoms with Gasteiger partial charge in [-0.2, -0.15) is 0 Å². The summed E-state index contributed by atoms with van der Waals surface area (Å²) in [5.74, 6) is -0.278. The topological polar surface area (TPSA) is 96.6 Å². The summed E-state index contributed by atoms with van der Waals surface area (Å²) in [5, 5.41) is 25.9. The summed E-state index contributed by atoms with van der Waals surface area (Å²) in [6, 6.07) is 3.31. The van der Waals surface area contributed by atoms with Crippen molar-refractivity contribution >= 4 is 10.9 Å². The number of ether oxygens (including phenoxy) is 1. The Bertz CT molecular complexity index is 1420.